The third-order valence-electron chi connectivity index (χ3n) is 2.72. The van der Waals surface area contributed by atoms with Gasteiger partial charge in [0.15, 0.2) is 0 Å². The van der Waals surface area contributed by atoms with Crippen LogP contribution < -0.4 is 0 Å². The molecule has 0 atom stereocenters. The van der Waals surface area contributed by atoms with Crippen LogP contribution in [0, 0.1) is 0 Å². The summed E-state index contributed by atoms with van der Waals surface area (Å²) < 4.78 is 209. The number of hydrogen-bond donors (Lipinski definition) is 0. The van der Waals surface area contributed by atoms with Gasteiger partial charge in [0, 0.05) is 0 Å². The Labute approximate surface area is 118 Å². The van der Waals surface area contributed by atoms with Crippen molar-refractivity contribution < 1.29 is 74.3 Å². The van der Waals surface area contributed by atoms with Gasteiger partial charge in [0.25, 0.3) is 0 Å². The van der Waals surface area contributed by atoms with Gasteiger partial charge < -0.3 is 0 Å². The molecule has 0 N–H and O–H groups in total. The van der Waals surface area contributed by atoms with Crippen LogP contribution in [0.25, 0.3) is 0 Å². The van der Waals surface area contributed by atoms with E-state index in [0.717, 1.165) is 0 Å². The van der Waals surface area contributed by atoms with Gasteiger partial charge in [-0.15, -0.1) is 0 Å². The molecular weight excluding hydrogens is 426 g/mol. The standard InChI is InChI=1S/C6HF17P/c7-1(8,9)4(16,17)24(22,23,5(18,19)2(10,11)12)6(20,21)3(13,14)15/h24H/q-1. The third-order valence-corrected chi connectivity index (χ3v) is 6.88. The van der Waals surface area contributed by atoms with Gasteiger partial charge in [0.2, 0.25) is 0 Å². The molecule has 0 spiro atoms. The maximum absolute atomic E-state index is 13.4. The molecular formula is C6HF17P-. The summed E-state index contributed by atoms with van der Waals surface area (Å²) in [5, 5.41) is 0. The van der Waals surface area contributed by atoms with Crippen molar-refractivity contribution in [3.8, 4) is 0 Å². The summed E-state index contributed by atoms with van der Waals surface area (Å²) in [5.74, 6) is 0. The first-order valence-electron chi connectivity index (χ1n) is 4.71. The van der Waals surface area contributed by atoms with E-state index in [0.29, 0.717) is 0 Å². The molecule has 0 saturated carbocycles. The Hall–Kier alpha value is -0.760. The average molecular weight is 427 g/mol. The Morgan fingerprint density at radius 1 is 0.333 bits per heavy atom. The summed E-state index contributed by atoms with van der Waals surface area (Å²) in [6, 6.07) is 0. The van der Waals surface area contributed by atoms with Crippen molar-refractivity contribution in [1.29, 1.82) is 0 Å². The van der Waals surface area contributed by atoms with E-state index in [2.05, 4.69) is 0 Å². The average Bonchev–Trinajstić information content (AvgIpc) is 2.23. The Kier molecular flexibility index (Phi) is 4.75. The molecule has 0 saturated heterocycles. The zero-order valence-corrected chi connectivity index (χ0v) is 10.9. The fourth-order valence-electron chi connectivity index (χ4n) is 1.34. The van der Waals surface area contributed by atoms with Crippen LogP contribution in [0.1, 0.15) is 0 Å². The molecule has 0 aliphatic carbocycles. The van der Waals surface area contributed by atoms with Crippen LogP contribution >= 0.6 is 7.22 Å². The van der Waals surface area contributed by atoms with Crippen molar-refractivity contribution in [2.45, 2.75) is 35.5 Å². The van der Waals surface area contributed by atoms with Crippen molar-refractivity contribution >= 4 is 7.22 Å². The molecule has 18 heteroatoms. The first-order valence-corrected chi connectivity index (χ1v) is 6.97. The van der Waals surface area contributed by atoms with Gasteiger partial charge in [0.05, 0.1) is 0 Å². The van der Waals surface area contributed by atoms with Crippen LogP contribution in [0.3, 0.4) is 0 Å². The molecule has 0 fully saturated rings. The van der Waals surface area contributed by atoms with Crippen molar-refractivity contribution in [3.63, 3.8) is 0 Å². The topological polar surface area (TPSA) is 0 Å². The van der Waals surface area contributed by atoms with E-state index < -0.39 is 42.7 Å². The fraction of sp³-hybridized carbons (Fsp3) is 1.00. The zero-order chi connectivity index (χ0) is 20.4. The monoisotopic (exact) mass is 427 g/mol. The minimum atomic E-state index is -13.1. The van der Waals surface area contributed by atoms with E-state index >= 15 is 0 Å². The molecule has 0 aromatic rings. The Morgan fingerprint density at radius 2 is 0.458 bits per heavy atom. The van der Waals surface area contributed by atoms with Gasteiger partial charge in [-0.2, -0.15) is 0 Å². The Bertz CT molecular complexity index is 415. The van der Waals surface area contributed by atoms with E-state index in [-0.39, 0.29) is 0 Å². The molecule has 0 rings (SSSR count). The number of hydrogen-bond acceptors (Lipinski definition) is 0. The van der Waals surface area contributed by atoms with E-state index in [1.807, 2.05) is 0 Å². The van der Waals surface area contributed by atoms with Crippen LogP contribution in [0.4, 0.5) is 74.3 Å². The molecule has 0 nitrogen and oxygen atoms in total. The van der Waals surface area contributed by atoms with Gasteiger partial charge in [-0.3, -0.25) is 0 Å². The number of rotatable bonds is 3. The molecule has 0 amide bonds. The van der Waals surface area contributed by atoms with Gasteiger partial charge in [-0.05, 0) is 0 Å². The summed E-state index contributed by atoms with van der Waals surface area (Å²) in [6.45, 7) is 0. The predicted molar refractivity (Wildman–Crippen MR) is 43.5 cm³/mol. The van der Waals surface area contributed by atoms with E-state index in [1.54, 1.807) is 0 Å². The van der Waals surface area contributed by atoms with Crippen molar-refractivity contribution in [1.82, 2.24) is 0 Å². The molecule has 0 aromatic heterocycles. The molecule has 0 aliphatic heterocycles. The number of halogens is 17. The van der Waals surface area contributed by atoms with Gasteiger partial charge in [-0.1, -0.05) is 0 Å². The van der Waals surface area contributed by atoms with Crippen LogP contribution in [-0.2, 0) is 0 Å². The minimum absolute atomic E-state index is 8.28. The summed E-state index contributed by atoms with van der Waals surface area (Å²) in [7, 11) is -13.1. The van der Waals surface area contributed by atoms with E-state index in [4.69, 9.17) is 0 Å². The van der Waals surface area contributed by atoms with Crippen LogP contribution in [0.2, 0.25) is 0 Å². The van der Waals surface area contributed by atoms with Gasteiger partial charge >= 0.3 is 117 Å². The van der Waals surface area contributed by atoms with E-state index in [9.17, 15) is 74.3 Å². The second-order valence-corrected chi connectivity index (χ2v) is 8.14. The second kappa shape index (κ2) is 4.90. The third kappa shape index (κ3) is 2.25. The SMILES string of the molecule is FC(F)(F)C(F)(F)[PH-](F)(F)(C(F)(F)C(F)(F)F)C(F)(F)C(F)(F)F. The molecule has 0 bridgehead atoms. The number of alkyl halides is 15. The second-order valence-electron chi connectivity index (χ2n) is 4.23. The molecule has 0 aromatic carbocycles. The van der Waals surface area contributed by atoms with Crippen molar-refractivity contribution in [2.24, 2.45) is 0 Å². The molecule has 24 heavy (non-hydrogen) atoms. The van der Waals surface area contributed by atoms with Crippen molar-refractivity contribution in [2.75, 3.05) is 0 Å². The fourth-order valence-corrected chi connectivity index (χ4v) is 4.01. The van der Waals surface area contributed by atoms with Crippen LogP contribution in [0.15, 0.2) is 0 Å². The quantitative estimate of drug-likeness (QED) is 0.356. The van der Waals surface area contributed by atoms with Gasteiger partial charge in [0.1, 0.15) is 0 Å². The van der Waals surface area contributed by atoms with Crippen molar-refractivity contribution in [3.05, 3.63) is 0 Å². The molecule has 0 radical (unpaired) electrons. The van der Waals surface area contributed by atoms with Crippen LogP contribution in [-0.4, -0.2) is 35.5 Å². The van der Waals surface area contributed by atoms with E-state index in [1.165, 1.54) is 0 Å². The summed E-state index contributed by atoms with van der Waals surface area (Å²) >= 11 is 0. The first-order chi connectivity index (χ1) is 9.82. The summed E-state index contributed by atoms with van der Waals surface area (Å²) in [4.78, 5) is 0. The normalized spacial score (nSPS) is 18.3. The van der Waals surface area contributed by atoms with Gasteiger partial charge in [-0.25, -0.2) is 0 Å². The predicted octanol–water partition coefficient (Wildman–Crippen LogP) is 6.51. The Balaban J connectivity index is 7.41. The molecule has 0 unspecified atom stereocenters. The molecule has 0 heterocycles. The summed E-state index contributed by atoms with van der Waals surface area (Å²) in [5.41, 5.74) is -27.0. The summed E-state index contributed by atoms with van der Waals surface area (Å²) in [6.07, 6.45) is -24.9. The molecule has 0 aliphatic rings. The maximum atomic E-state index is 13.4. The van der Waals surface area contributed by atoms with Crippen LogP contribution in [0.5, 0.6) is 0 Å². The first kappa shape index (κ1) is 23.2. The zero-order valence-electron chi connectivity index (χ0n) is 9.93. The Morgan fingerprint density at radius 3 is 0.542 bits per heavy atom. The molecule has 150 valence electrons.